The fraction of sp³-hybridized carbons (Fsp3) is 0.875. The van der Waals surface area contributed by atoms with Gasteiger partial charge in [-0.1, -0.05) is 6.92 Å². The van der Waals surface area contributed by atoms with Gasteiger partial charge < -0.3 is 15.3 Å². The van der Waals surface area contributed by atoms with Gasteiger partial charge in [0, 0.05) is 19.1 Å². The van der Waals surface area contributed by atoms with Crippen LogP contribution in [-0.4, -0.2) is 41.1 Å². The first-order chi connectivity index (χ1) is 9.80. The van der Waals surface area contributed by atoms with E-state index in [2.05, 4.69) is 12.2 Å². The Bertz CT molecular complexity index is 408. The fourth-order valence-corrected chi connectivity index (χ4v) is 3.53. The van der Waals surface area contributed by atoms with Crippen LogP contribution < -0.4 is 5.32 Å². The van der Waals surface area contributed by atoms with E-state index in [0.717, 1.165) is 32.2 Å². The van der Waals surface area contributed by atoms with Gasteiger partial charge in [0.1, 0.15) is 0 Å². The zero-order valence-electron chi connectivity index (χ0n) is 13.4. The molecule has 2 amide bonds. The van der Waals surface area contributed by atoms with E-state index in [-0.39, 0.29) is 11.9 Å². The van der Waals surface area contributed by atoms with Crippen molar-refractivity contribution in [3.63, 3.8) is 0 Å². The Hall–Kier alpha value is -1.26. The van der Waals surface area contributed by atoms with Crippen LogP contribution >= 0.6 is 0 Å². The molecule has 1 aliphatic carbocycles. The predicted molar refractivity (Wildman–Crippen MR) is 81.0 cm³/mol. The molecule has 2 aliphatic rings. The molecule has 0 radical (unpaired) electrons. The summed E-state index contributed by atoms with van der Waals surface area (Å²) in [6.45, 7) is 7.03. The van der Waals surface area contributed by atoms with Gasteiger partial charge in [0.15, 0.2) is 0 Å². The maximum Gasteiger partial charge on any atom is 0.317 e. The summed E-state index contributed by atoms with van der Waals surface area (Å²) in [6.07, 6.45) is 5.06. The van der Waals surface area contributed by atoms with Gasteiger partial charge in [-0.15, -0.1) is 0 Å². The van der Waals surface area contributed by atoms with Gasteiger partial charge in [-0.05, 0) is 57.8 Å². The van der Waals surface area contributed by atoms with Crippen molar-refractivity contribution < 1.29 is 14.7 Å². The lowest BCUT2D eigenvalue weighted by molar-refractivity contribution is -0.151. The molecular weight excluding hydrogens is 268 g/mol. The highest BCUT2D eigenvalue weighted by molar-refractivity contribution is 5.76. The second-order valence-corrected chi connectivity index (χ2v) is 7.38. The highest BCUT2D eigenvalue weighted by Gasteiger charge is 2.40. The maximum absolute atomic E-state index is 12.4. The number of nitrogens with zero attached hydrogens (tertiary/aromatic N) is 1. The summed E-state index contributed by atoms with van der Waals surface area (Å²) < 4.78 is 0. The monoisotopic (exact) mass is 296 g/mol. The molecule has 2 rings (SSSR count). The number of aliphatic carboxylic acids is 1. The largest absolute Gasteiger partial charge is 0.481 e. The lowest BCUT2D eigenvalue weighted by atomic mass is 9.74. The number of piperidine rings is 1. The number of carbonyl (C=O) groups excluding carboxylic acids is 1. The molecular formula is C16H28N2O3. The quantitative estimate of drug-likeness (QED) is 0.841. The van der Waals surface area contributed by atoms with E-state index in [1.165, 1.54) is 6.42 Å². The number of hydrogen-bond acceptors (Lipinski definition) is 2. The molecule has 3 atom stereocenters. The second kappa shape index (κ2) is 6.24. The molecule has 1 saturated carbocycles. The summed E-state index contributed by atoms with van der Waals surface area (Å²) in [5.41, 5.74) is -0.777. The number of carboxylic acid groups (broad SMARTS) is 1. The molecule has 0 bridgehead atoms. The number of likely N-dealkylation sites (tertiary alicyclic amines) is 1. The fourth-order valence-electron chi connectivity index (χ4n) is 3.53. The Morgan fingerprint density at radius 2 is 1.95 bits per heavy atom. The third-order valence-corrected chi connectivity index (χ3v) is 5.30. The van der Waals surface area contributed by atoms with Crippen LogP contribution in [0, 0.1) is 17.3 Å². The minimum Gasteiger partial charge on any atom is -0.481 e. The number of amides is 2. The van der Waals surface area contributed by atoms with E-state index < -0.39 is 11.4 Å². The Morgan fingerprint density at radius 1 is 1.24 bits per heavy atom. The molecule has 0 spiro atoms. The molecule has 2 fully saturated rings. The van der Waals surface area contributed by atoms with Crippen LogP contribution in [0.25, 0.3) is 0 Å². The summed E-state index contributed by atoms with van der Waals surface area (Å²) in [7, 11) is 0. The summed E-state index contributed by atoms with van der Waals surface area (Å²) >= 11 is 0. The van der Waals surface area contributed by atoms with Crippen molar-refractivity contribution in [2.75, 3.05) is 13.1 Å². The normalized spacial score (nSPS) is 30.2. The van der Waals surface area contributed by atoms with E-state index >= 15 is 0 Å². The zero-order chi connectivity index (χ0) is 15.6. The van der Waals surface area contributed by atoms with Crippen molar-refractivity contribution in [2.45, 2.75) is 58.9 Å². The van der Waals surface area contributed by atoms with Crippen LogP contribution in [0.4, 0.5) is 4.79 Å². The van der Waals surface area contributed by atoms with E-state index in [1.807, 2.05) is 4.90 Å². The molecule has 1 saturated heterocycles. The van der Waals surface area contributed by atoms with Crippen molar-refractivity contribution in [1.82, 2.24) is 10.2 Å². The predicted octanol–water partition coefficient (Wildman–Crippen LogP) is 2.71. The molecule has 5 heteroatoms. The summed E-state index contributed by atoms with van der Waals surface area (Å²) in [5.74, 6) is -0.0632. The van der Waals surface area contributed by atoms with Crippen molar-refractivity contribution >= 4 is 12.0 Å². The first-order valence-electron chi connectivity index (χ1n) is 8.09. The molecule has 1 aliphatic heterocycles. The standard InChI is InChI=1S/C16H28N2O3/c1-11-6-7-13(9-11)17-15(21)18-8-4-5-12(10-18)16(2,3)14(19)20/h11-13H,4-10H2,1-3H3,(H,17,21)(H,19,20). The molecule has 0 aromatic rings. The average molecular weight is 296 g/mol. The van der Waals surface area contributed by atoms with Crippen LogP contribution in [-0.2, 0) is 4.79 Å². The number of carboxylic acids is 1. The lowest BCUT2D eigenvalue weighted by Crippen LogP contribution is -2.51. The Morgan fingerprint density at radius 3 is 2.52 bits per heavy atom. The SMILES string of the molecule is CC1CCC(NC(=O)N2CCCC(C(C)(C)C(=O)O)C2)C1. The van der Waals surface area contributed by atoms with Gasteiger partial charge in [-0.25, -0.2) is 4.79 Å². The van der Waals surface area contributed by atoms with Gasteiger partial charge in [0.05, 0.1) is 5.41 Å². The first-order valence-corrected chi connectivity index (χ1v) is 8.09. The number of urea groups is 1. The molecule has 120 valence electrons. The highest BCUT2D eigenvalue weighted by atomic mass is 16.4. The van der Waals surface area contributed by atoms with Gasteiger partial charge in [-0.3, -0.25) is 4.79 Å². The molecule has 5 nitrogen and oxygen atoms in total. The van der Waals surface area contributed by atoms with Crippen LogP contribution in [0.2, 0.25) is 0 Å². The summed E-state index contributed by atoms with van der Waals surface area (Å²) in [4.78, 5) is 25.6. The van der Waals surface area contributed by atoms with Crippen LogP contribution in [0.15, 0.2) is 0 Å². The number of hydrogen-bond donors (Lipinski definition) is 2. The van der Waals surface area contributed by atoms with Crippen LogP contribution in [0.5, 0.6) is 0 Å². The highest BCUT2D eigenvalue weighted by Crippen LogP contribution is 2.34. The molecule has 1 heterocycles. The van der Waals surface area contributed by atoms with E-state index in [9.17, 15) is 14.7 Å². The summed E-state index contributed by atoms with van der Waals surface area (Å²) in [5, 5.41) is 12.5. The molecule has 2 N–H and O–H groups in total. The van der Waals surface area contributed by atoms with Gasteiger partial charge in [0.25, 0.3) is 0 Å². The third-order valence-electron chi connectivity index (χ3n) is 5.30. The molecule has 0 aromatic heterocycles. The lowest BCUT2D eigenvalue weighted by Gasteiger charge is -2.39. The first kappa shape index (κ1) is 16.1. The van der Waals surface area contributed by atoms with Crippen molar-refractivity contribution in [1.29, 1.82) is 0 Å². The zero-order valence-corrected chi connectivity index (χ0v) is 13.4. The molecule has 21 heavy (non-hydrogen) atoms. The van der Waals surface area contributed by atoms with E-state index in [1.54, 1.807) is 13.8 Å². The molecule has 0 aromatic carbocycles. The number of rotatable bonds is 3. The third kappa shape index (κ3) is 3.69. The minimum absolute atomic E-state index is 0.0139. The maximum atomic E-state index is 12.4. The summed E-state index contributed by atoms with van der Waals surface area (Å²) in [6, 6.07) is 0.278. The Labute approximate surface area is 127 Å². The van der Waals surface area contributed by atoms with Crippen molar-refractivity contribution in [3.8, 4) is 0 Å². The minimum atomic E-state index is -0.778. The van der Waals surface area contributed by atoms with Gasteiger partial charge in [-0.2, -0.15) is 0 Å². The Kier molecular flexibility index (Phi) is 4.79. The average Bonchev–Trinajstić information content (AvgIpc) is 2.84. The van der Waals surface area contributed by atoms with E-state index in [4.69, 9.17) is 0 Å². The van der Waals surface area contributed by atoms with E-state index in [0.29, 0.717) is 18.5 Å². The van der Waals surface area contributed by atoms with Crippen LogP contribution in [0.3, 0.4) is 0 Å². The topological polar surface area (TPSA) is 69.6 Å². The van der Waals surface area contributed by atoms with Gasteiger partial charge in [0.2, 0.25) is 0 Å². The van der Waals surface area contributed by atoms with Crippen LogP contribution in [0.1, 0.15) is 52.9 Å². The van der Waals surface area contributed by atoms with Crippen molar-refractivity contribution in [2.24, 2.45) is 17.3 Å². The smallest absolute Gasteiger partial charge is 0.317 e. The van der Waals surface area contributed by atoms with Crippen molar-refractivity contribution in [3.05, 3.63) is 0 Å². The van der Waals surface area contributed by atoms with Gasteiger partial charge >= 0.3 is 12.0 Å². The Balaban J connectivity index is 1.91. The number of carbonyl (C=O) groups is 2. The second-order valence-electron chi connectivity index (χ2n) is 7.38. The molecule has 3 unspecified atom stereocenters. The number of nitrogens with one attached hydrogen (secondary N) is 1.